The van der Waals surface area contributed by atoms with Crippen molar-refractivity contribution in [2.24, 2.45) is 0 Å². The molecule has 3 N–H and O–H groups in total. The van der Waals surface area contributed by atoms with Gasteiger partial charge in [0, 0.05) is 19.1 Å². The van der Waals surface area contributed by atoms with Gasteiger partial charge in [-0.1, -0.05) is 0 Å². The largest absolute Gasteiger partial charge is 0.372 e. The summed E-state index contributed by atoms with van der Waals surface area (Å²) in [5, 5.41) is 6.01. The Labute approximate surface area is 121 Å². The van der Waals surface area contributed by atoms with E-state index < -0.39 is 15.6 Å². The van der Waals surface area contributed by atoms with Gasteiger partial charge in [-0.25, -0.2) is 23.1 Å². The normalized spacial score (nSPS) is 12.3. The molecule has 0 unspecified atom stereocenters. The number of anilines is 2. The van der Waals surface area contributed by atoms with Crippen LogP contribution in [0.1, 0.15) is 13.8 Å². The lowest BCUT2D eigenvalue weighted by Crippen LogP contribution is -2.47. The minimum atomic E-state index is -3.26. The summed E-state index contributed by atoms with van der Waals surface area (Å²) in [7, 11) is -1.50. The maximum Gasteiger partial charge on any atom is 0.209 e. The molecule has 19 heavy (non-hydrogen) atoms. The quantitative estimate of drug-likeness (QED) is 0.708. The van der Waals surface area contributed by atoms with Crippen molar-refractivity contribution in [3.63, 3.8) is 0 Å². The molecule has 1 heterocycles. The third kappa shape index (κ3) is 5.29. The van der Waals surface area contributed by atoms with E-state index in [1.165, 1.54) is 6.33 Å². The lowest BCUT2D eigenvalue weighted by atomic mass is 10.1. The molecule has 0 bridgehead atoms. The van der Waals surface area contributed by atoms with Crippen molar-refractivity contribution in [1.29, 1.82) is 0 Å². The van der Waals surface area contributed by atoms with Gasteiger partial charge in [0.1, 0.15) is 22.4 Å². The molecule has 1 rings (SSSR count). The highest BCUT2D eigenvalue weighted by molar-refractivity contribution is 9.10. The molecule has 9 heteroatoms. The van der Waals surface area contributed by atoms with Crippen molar-refractivity contribution in [3.05, 3.63) is 10.8 Å². The molecule has 0 fully saturated rings. The number of sulfonamides is 1. The second kappa shape index (κ2) is 6.02. The van der Waals surface area contributed by atoms with Crippen LogP contribution in [0.15, 0.2) is 10.8 Å². The Hall–Kier alpha value is -0.930. The highest BCUT2D eigenvalue weighted by atomic mass is 79.9. The summed E-state index contributed by atoms with van der Waals surface area (Å²) in [6.07, 6.45) is 2.56. The third-order valence-corrected chi connectivity index (χ3v) is 3.86. The maximum absolute atomic E-state index is 11.2. The van der Waals surface area contributed by atoms with Crippen LogP contribution >= 0.6 is 15.9 Å². The first-order valence-electron chi connectivity index (χ1n) is 5.56. The van der Waals surface area contributed by atoms with Crippen molar-refractivity contribution >= 4 is 37.6 Å². The summed E-state index contributed by atoms with van der Waals surface area (Å²) >= 11 is 3.38. The number of aromatic nitrogens is 2. The minimum Gasteiger partial charge on any atom is -0.372 e. The Balaban J connectivity index is 2.77. The summed E-state index contributed by atoms with van der Waals surface area (Å²) in [4.78, 5) is 8.14. The lowest BCUT2D eigenvalue weighted by Gasteiger charge is -2.25. The molecule has 0 aliphatic carbocycles. The van der Waals surface area contributed by atoms with Gasteiger partial charge >= 0.3 is 0 Å². The average Bonchev–Trinajstić information content (AvgIpc) is 2.24. The van der Waals surface area contributed by atoms with Gasteiger partial charge in [0.2, 0.25) is 10.0 Å². The monoisotopic (exact) mass is 351 g/mol. The first-order chi connectivity index (χ1) is 8.64. The fourth-order valence-electron chi connectivity index (χ4n) is 1.51. The van der Waals surface area contributed by atoms with E-state index in [1.807, 2.05) is 0 Å². The van der Waals surface area contributed by atoms with E-state index >= 15 is 0 Å². The van der Waals surface area contributed by atoms with Gasteiger partial charge in [0.25, 0.3) is 0 Å². The van der Waals surface area contributed by atoms with E-state index in [9.17, 15) is 8.42 Å². The molecular formula is C10H18BrN5O2S. The molecule has 0 saturated heterocycles. The predicted octanol–water partition coefficient (Wildman–Crippen LogP) is 1.02. The maximum atomic E-state index is 11.2. The van der Waals surface area contributed by atoms with E-state index in [0.717, 1.165) is 6.26 Å². The summed E-state index contributed by atoms with van der Waals surface area (Å²) in [5.74, 6) is 1.26. The fraction of sp³-hybridized carbons (Fsp3) is 0.600. The van der Waals surface area contributed by atoms with Crippen LogP contribution in [0.2, 0.25) is 0 Å². The molecule has 0 aromatic carbocycles. The highest BCUT2D eigenvalue weighted by Gasteiger charge is 2.22. The van der Waals surface area contributed by atoms with Gasteiger partial charge in [0.15, 0.2) is 0 Å². The number of hydrogen-bond acceptors (Lipinski definition) is 6. The van der Waals surface area contributed by atoms with Crippen LogP contribution in [0.25, 0.3) is 0 Å². The van der Waals surface area contributed by atoms with E-state index in [4.69, 9.17) is 0 Å². The van der Waals surface area contributed by atoms with Gasteiger partial charge in [-0.05, 0) is 29.8 Å². The number of rotatable bonds is 6. The Morgan fingerprint density at radius 1 is 1.32 bits per heavy atom. The molecule has 0 radical (unpaired) electrons. The van der Waals surface area contributed by atoms with Crippen LogP contribution in [-0.4, -0.2) is 43.8 Å². The number of nitrogens with zero attached hydrogens (tertiary/aromatic N) is 2. The fourth-order valence-corrected chi connectivity index (χ4v) is 3.13. The zero-order valence-electron chi connectivity index (χ0n) is 11.3. The zero-order valence-corrected chi connectivity index (χ0v) is 13.7. The van der Waals surface area contributed by atoms with Gasteiger partial charge < -0.3 is 10.6 Å². The van der Waals surface area contributed by atoms with Crippen molar-refractivity contribution in [1.82, 2.24) is 14.7 Å². The molecule has 1 aromatic heterocycles. The predicted molar refractivity (Wildman–Crippen MR) is 79.8 cm³/mol. The average molecular weight is 352 g/mol. The highest BCUT2D eigenvalue weighted by Crippen LogP contribution is 2.26. The Bertz CT molecular complexity index is 547. The molecule has 108 valence electrons. The lowest BCUT2D eigenvalue weighted by molar-refractivity contribution is 0.476. The standard InChI is InChI=1S/C10H18BrN5O2S/c1-10(2,16-19(4,17)18)5-13-9-7(11)8(12-3)14-6-15-9/h6,16H,5H2,1-4H3,(H2,12,13,14,15). The number of nitrogens with one attached hydrogen (secondary N) is 3. The summed E-state index contributed by atoms with van der Waals surface area (Å²) < 4.78 is 25.7. The SMILES string of the molecule is CNc1ncnc(NCC(C)(C)NS(C)(=O)=O)c1Br. The Morgan fingerprint density at radius 2 is 1.89 bits per heavy atom. The van der Waals surface area contributed by atoms with Crippen LogP contribution in [-0.2, 0) is 10.0 Å². The van der Waals surface area contributed by atoms with E-state index in [-0.39, 0.29) is 0 Å². The molecule has 0 saturated carbocycles. The van der Waals surface area contributed by atoms with Crippen molar-refractivity contribution in [3.8, 4) is 0 Å². The van der Waals surface area contributed by atoms with Gasteiger partial charge in [-0.15, -0.1) is 0 Å². The molecule has 0 amide bonds. The smallest absolute Gasteiger partial charge is 0.209 e. The molecule has 7 nitrogen and oxygen atoms in total. The second-order valence-corrected chi connectivity index (χ2v) is 7.29. The van der Waals surface area contributed by atoms with Gasteiger partial charge in [-0.3, -0.25) is 0 Å². The van der Waals surface area contributed by atoms with Crippen molar-refractivity contribution in [2.75, 3.05) is 30.5 Å². The van der Waals surface area contributed by atoms with E-state index in [2.05, 4.69) is 41.3 Å². The van der Waals surface area contributed by atoms with Crippen LogP contribution in [0.3, 0.4) is 0 Å². The Morgan fingerprint density at radius 3 is 2.42 bits per heavy atom. The van der Waals surface area contributed by atoms with E-state index in [0.29, 0.717) is 22.7 Å². The van der Waals surface area contributed by atoms with Gasteiger partial charge in [-0.2, -0.15) is 0 Å². The van der Waals surface area contributed by atoms with Crippen molar-refractivity contribution < 1.29 is 8.42 Å². The zero-order chi connectivity index (χ0) is 14.7. The molecule has 1 aromatic rings. The molecule has 0 spiro atoms. The first kappa shape index (κ1) is 16.1. The number of halogens is 1. The Kier molecular flexibility index (Phi) is 5.11. The van der Waals surface area contributed by atoms with Crippen LogP contribution in [0.5, 0.6) is 0 Å². The molecule has 0 aliphatic rings. The summed E-state index contributed by atoms with van der Waals surface area (Å²) in [6.45, 7) is 3.96. The topological polar surface area (TPSA) is 96.0 Å². The van der Waals surface area contributed by atoms with Crippen LogP contribution in [0.4, 0.5) is 11.6 Å². The third-order valence-electron chi connectivity index (χ3n) is 2.19. The van der Waals surface area contributed by atoms with Crippen molar-refractivity contribution in [2.45, 2.75) is 19.4 Å². The molecule has 0 atom stereocenters. The minimum absolute atomic E-state index is 0.388. The molecular weight excluding hydrogens is 334 g/mol. The van der Waals surface area contributed by atoms with Gasteiger partial charge in [0.05, 0.1) is 6.26 Å². The second-order valence-electron chi connectivity index (χ2n) is 4.75. The summed E-state index contributed by atoms with van der Waals surface area (Å²) in [6, 6.07) is 0. The summed E-state index contributed by atoms with van der Waals surface area (Å²) in [5.41, 5.74) is -0.627. The van der Waals surface area contributed by atoms with Crippen LogP contribution < -0.4 is 15.4 Å². The van der Waals surface area contributed by atoms with Crippen LogP contribution in [0, 0.1) is 0 Å². The van der Waals surface area contributed by atoms with E-state index in [1.54, 1.807) is 20.9 Å². The number of hydrogen-bond donors (Lipinski definition) is 3. The first-order valence-corrected chi connectivity index (χ1v) is 8.24. The molecule has 0 aliphatic heterocycles.